The van der Waals surface area contributed by atoms with E-state index in [0.29, 0.717) is 17.8 Å². The molecule has 6 heteroatoms. The zero-order valence-electron chi connectivity index (χ0n) is 13.8. The average Bonchev–Trinajstić information content (AvgIpc) is 2.57. The van der Waals surface area contributed by atoms with Gasteiger partial charge in [-0.15, -0.1) is 0 Å². The number of hydrogen-bond acceptors (Lipinski definition) is 4. The summed E-state index contributed by atoms with van der Waals surface area (Å²) in [7, 11) is -1.68. The standard InChI is InChI=1S/C18H22N2O3S/c1-14(12-19-2)18(21)20-17-11-7-6-8-15(17)13-24(22,23)16-9-4-3-5-10-16/h3-11,14,19H,12-13H2,1-2H3,(H,20,21). The fourth-order valence-electron chi connectivity index (χ4n) is 2.34. The van der Waals surface area contributed by atoms with E-state index in [0.717, 1.165) is 0 Å². The molecule has 0 heterocycles. The molecule has 0 aliphatic carbocycles. The molecule has 1 unspecified atom stereocenters. The Hall–Kier alpha value is -2.18. The van der Waals surface area contributed by atoms with Gasteiger partial charge in [-0.1, -0.05) is 43.3 Å². The van der Waals surface area contributed by atoms with Gasteiger partial charge in [0.1, 0.15) is 0 Å². The zero-order chi connectivity index (χ0) is 17.6. The van der Waals surface area contributed by atoms with Gasteiger partial charge in [0.25, 0.3) is 0 Å². The van der Waals surface area contributed by atoms with Crippen molar-refractivity contribution in [3.8, 4) is 0 Å². The zero-order valence-corrected chi connectivity index (χ0v) is 14.6. The van der Waals surface area contributed by atoms with E-state index in [1.165, 1.54) is 0 Å². The van der Waals surface area contributed by atoms with Crippen LogP contribution in [0.5, 0.6) is 0 Å². The van der Waals surface area contributed by atoms with Gasteiger partial charge >= 0.3 is 0 Å². The van der Waals surface area contributed by atoms with Crippen molar-refractivity contribution in [2.75, 3.05) is 18.9 Å². The van der Waals surface area contributed by atoms with E-state index in [9.17, 15) is 13.2 Å². The number of carbonyl (C=O) groups excluding carboxylic acids is 1. The third-order valence-corrected chi connectivity index (χ3v) is 5.36. The first-order chi connectivity index (χ1) is 11.4. The molecule has 0 aromatic heterocycles. The lowest BCUT2D eigenvalue weighted by molar-refractivity contribution is -0.119. The summed E-state index contributed by atoms with van der Waals surface area (Å²) in [5, 5.41) is 5.78. The van der Waals surface area contributed by atoms with Gasteiger partial charge in [-0.25, -0.2) is 8.42 Å². The fourth-order valence-corrected chi connectivity index (χ4v) is 3.74. The van der Waals surface area contributed by atoms with Crippen molar-refractivity contribution < 1.29 is 13.2 Å². The van der Waals surface area contributed by atoms with E-state index in [-0.39, 0.29) is 22.5 Å². The number of anilines is 1. The highest BCUT2D eigenvalue weighted by Crippen LogP contribution is 2.22. The summed E-state index contributed by atoms with van der Waals surface area (Å²) in [6, 6.07) is 15.3. The molecule has 0 saturated heterocycles. The molecule has 0 radical (unpaired) electrons. The molecule has 2 aromatic rings. The summed E-state index contributed by atoms with van der Waals surface area (Å²) in [4.78, 5) is 12.5. The van der Waals surface area contributed by atoms with Crippen LogP contribution in [0.4, 0.5) is 5.69 Å². The predicted molar refractivity (Wildman–Crippen MR) is 95.5 cm³/mol. The van der Waals surface area contributed by atoms with Gasteiger partial charge in [0.05, 0.1) is 10.6 Å². The molecule has 1 atom stereocenters. The quantitative estimate of drug-likeness (QED) is 0.807. The summed E-state index contributed by atoms with van der Waals surface area (Å²) in [6.07, 6.45) is 0. The van der Waals surface area contributed by atoms with Crippen LogP contribution in [0.25, 0.3) is 0 Å². The van der Waals surface area contributed by atoms with Crippen molar-refractivity contribution in [1.82, 2.24) is 5.32 Å². The highest BCUT2D eigenvalue weighted by atomic mass is 32.2. The Morgan fingerprint density at radius 2 is 1.67 bits per heavy atom. The maximum atomic E-state index is 12.6. The summed E-state index contributed by atoms with van der Waals surface area (Å²) in [6.45, 7) is 2.37. The number of benzene rings is 2. The molecule has 5 nitrogen and oxygen atoms in total. The summed E-state index contributed by atoms with van der Waals surface area (Å²) >= 11 is 0. The van der Waals surface area contributed by atoms with Crippen molar-refractivity contribution in [3.05, 3.63) is 60.2 Å². The van der Waals surface area contributed by atoms with Gasteiger partial charge in [0.15, 0.2) is 9.84 Å². The first-order valence-electron chi connectivity index (χ1n) is 7.75. The number of nitrogens with one attached hydrogen (secondary N) is 2. The molecule has 2 rings (SSSR count). The first-order valence-corrected chi connectivity index (χ1v) is 9.40. The molecule has 1 amide bonds. The molecule has 0 spiro atoms. The van der Waals surface area contributed by atoms with E-state index in [4.69, 9.17) is 0 Å². The minimum Gasteiger partial charge on any atom is -0.326 e. The molecule has 128 valence electrons. The number of hydrogen-bond donors (Lipinski definition) is 2. The molecule has 0 fully saturated rings. The molecule has 0 aliphatic rings. The highest BCUT2D eigenvalue weighted by Gasteiger charge is 2.19. The van der Waals surface area contributed by atoms with Crippen LogP contribution in [0.15, 0.2) is 59.5 Å². The summed E-state index contributed by atoms with van der Waals surface area (Å²) in [5.41, 5.74) is 1.11. The Kier molecular flexibility index (Phi) is 6.11. The molecule has 0 bridgehead atoms. The van der Waals surface area contributed by atoms with E-state index in [2.05, 4.69) is 10.6 Å². The van der Waals surface area contributed by atoms with Crippen molar-refractivity contribution in [1.29, 1.82) is 0 Å². The minimum absolute atomic E-state index is 0.145. The third-order valence-electron chi connectivity index (χ3n) is 3.68. The van der Waals surface area contributed by atoms with Gasteiger partial charge in [0.2, 0.25) is 5.91 Å². The summed E-state index contributed by atoms with van der Waals surface area (Å²) in [5.74, 6) is -0.517. The molecule has 0 saturated carbocycles. The van der Waals surface area contributed by atoms with Gasteiger partial charge in [-0.3, -0.25) is 4.79 Å². The monoisotopic (exact) mass is 346 g/mol. The Bertz CT molecular complexity index is 789. The molecular weight excluding hydrogens is 324 g/mol. The lowest BCUT2D eigenvalue weighted by Crippen LogP contribution is -2.29. The maximum absolute atomic E-state index is 12.6. The van der Waals surface area contributed by atoms with E-state index in [1.54, 1.807) is 61.6 Å². The smallest absolute Gasteiger partial charge is 0.228 e. The van der Waals surface area contributed by atoms with Crippen LogP contribution in [-0.2, 0) is 20.4 Å². The predicted octanol–water partition coefficient (Wildman–Crippen LogP) is 2.45. The van der Waals surface area contributed by atoms with Crippen LogP contribution in [0, 0.1) is 5.92 Å². The SMILES string of the molecule is CNCC(C)C(=O)Nc1ccccc1CS(=O)(=O)c1ccccc1. The van der Waals surface area contributed by atoms with Crippen molar-refractivity contribution in [2.45, 2.75) is 17.6 Å². The van der Waals surface area contributed by atoms with Crippen LogP contribution in [0.2, 0.25) is 0 Å². The van der Waals surface area contributed by atoms with Crippen LogP contribution in [0.1, 0.15) is 12.5 Å². The molecule has 24 heavy (non-hydrogen) atoms. The topological polar surface area (TPSA) is 75.3 Å². The lowest BCUT2D eigenvalue weighted by atomic mass is 10.1. The molecular formula is C18H22N2O3S. The molecule has 2 aromatic carbocycles. The Morgan fingerprint density at radius 1 is 1.04 bits per heavy atom. The second-order valence-electron chi connectivity index (χ2n) is 5.68. The third kappa shape index (κ3) is 4.66. The fraction of sp³-hybridized carbons (Fsp3) is 0.278. The van der Waals surface area contributed by atoms with Crippen LogP contribution in [-0.4, -0.2) is 27.9 Å². The van der Waals surface area contributed by atoms with Gasteiger partial charge < -0.3 is 10.6 Å². The van der Waals surface area contributed by atoms with Crippen molar-refractivity contribution >= 4 is 21.4 Å². The van der Waals surface area contributed by atoms with E-state index in [1.807, 2.05) is 6.92 Å². The number of sulfone groups is 1. The minimum atomic E-state index is -3.47. The largest absolute Gasteiger partial charge is 0.326 e. The first kappa shape index (κ1) is 18.2. The van der Waals surface area contributed by atoms with Gasteiger partial charge in [-0.2, -0.15) is 0 Å². The van der Waals surface area contributed by atoms with Crippen LogP contribution in [0.3, 0.4) is 0 Å². The van der Waals surface area contributed by atoms with Crippen molar-refractivity contribution in [2.24, 2.45) is 5.92 Å². The maximum Gasteiger partial charge on any atom is 0.228 e. The van der Waals surface area contributed by atoms with Crippen LogP contribution < -0.4 is 10.6 Å². The average molecular weight is 346 g/mol. The number of rotatable bonds is 7. The normalized spacial score (nSPS) is 12.6. The Morgan fingerprint density at radius 3 is 2.33 bits per heavy atom. The van der Waals surface area contributed by atoms with Gasteiger partial charge in [0, 0.05) is 18.2 Å². The van der Waals surface area contributed by atoms with E-state index >= 15 is 0 Å². The lowest BCUT2D eigenvalue weighted by Gasteiger charge is -2.15. The molecule has 2 N–H and O–H groups in total. The Labute approximate surface area is 143 Å². The van der Waals surface area contributed by atoms with Crippen molar-refractivity contribution in [3.63, 3.8) is 0 Å². The second-order valence-corrected chi connectivity index (χ2v) is 7.67. The summed E-state index contributed by atoms with van der Waals surface area (Å²) < 4.78 is 25.1. The highest BCUT2D eigenvalue weighted by molar-refractivity contribution is 7.90. The Balaban J connectivity index is 2.22. The van der Waals surface area contributed by atoms with Gasteiger partial charge in [-0.05, 0) is 30.8 Å². The van der Waals surface area contributed by atoms with Crippen LogP contribution >= 0.6 is 0 Å². The number of amides is 1. The number of para-hydroxylation sites is 1. The van der Waals surface area contributed by atoms with E-state index < -0.39 is 9.84 Å². The molecule has 0 aliphatic heterocycles. The second kappa shape index (κ2) is 8.08. The number of carbonyl (C=O) groups is 1.